The highest BCUT2D eigenvalue weighted by Crippen LogP contribution is 2.36. The lowest BCUT2D eigenvalue weighted by atomic mass is 9.85. The molecule has 0 saturated carbocycles. The van der Waals surface area contributed by atoms with Crippen LogP contribution in [0, 0.1) is 5.82 Å². The quantitative estimate of drug-likeness (QED) is 0.721. The summed E-state index contributed by atoms with van der Waals surface area (Å²) in [6.07, 6.45) is 8.59. The number of carbonyl (C=O) groups is 1. The molecule has 1 aliphatic heterocycles. The summed E-state index contributed by atoms with van der Waals surface area (Å²) in [5.74, 6) is -0.540. The van der Waals surface area contributed by atoms with Gasteiger partial charge in [0.25, 0.3) is 0 Å². The lowest BCUT2D eigenvalue weighted by Crippen LogP contribution is -2.10. The van der Waals surface area contributed by atoms with Gasteiger partial charge >= 0.3 is 5.97 Å². The molecule has 2 N–H and O–H groups in total. The van der Waals surface area contributed by atoms with E-state index in [1.54, 1.807) is 12.1 Å². The molecule has 0 atom stereocenters. The third-order valence-corrected chi connectivity index (χ3v) is 4.84. The van der Waals surface area contributed by atoms with Gasteiger partial charge in [0.15, 0.2) is 0 Å². The minimum atomic E-state index is -0.906. The van der Waals surface area contributed by atoms with Crippen molar-refractivity contribution in [3.8, 4) is 5.75 Å². The van der Waals surface area contributed by atoms with Gasteiger partial charge in [0.2, 0.25) is 0 Å². The molecule has 0 radical (unpaired) electrons. The van der Waals surface area contributed by atoms with Crippen molar-refractivity contribution in [1.29, 1.82) is 0 Å². The van der Waals surface area contributed by atoms with Gasteiger partial charge in [-0.3, -0.25) is 0 Å². The van der Waals surface area contributed by atoms with Gasteiger partial charge in [-0.2, -0.15) is 0 Å². The van der Waals surface area contributed by atoms with Crippen LogP contribution in [0.2, 0.25) is 0 Å². The molecule has 138 valence electrons. The molecule has 26 heavy (non-hydrogen) atoms. The van der Waals surface area contributed by atoms with Crippen molar-refractivity contribution < 1.29 is 19.0 Å². The minimum Gasteiger partial charge on any atom is -0.491 e. The number of carboxylic acid groups (broad SMARTS) is 1. The molecular formula is C20H21ClFNO3. The van der Waals surface area contributed by atoms with E-state index in [4.69, 9.17) is 21.4 Å². The van der Waals surface area contributed by atoms with E-state index in [2.05, 4.69) is 11.4 Å². The Kier molecular flexibility index (Phi) is 5.99. The molecule has 3 aliphatic rings. The zero-order valence-corrected chi connectivity index (χ0v) is 15.1. The second-order valence-electron chi connectivity index (χ2n) is 6.37. The number of hydrogen-bond acceptors (Lipinski definition) is 3. The Morgan fingerprint density at radius 3 is 2.92 bits per heavy atom. The molecule has 1 aromatic carbocycles. The van der Waals surface area contributed by atoms with Gasteiger partial charge in [0, 0.05) is 19.0 Å². The second kappa shape index (κ2) is 8.41. The van der Waals surface area contributed by atoms with Gasteiger partial charge in [-0.05, 0) is 55.0 Å². The molecule has 4 rings (SSSR count). The predicted octanol–water partition coefficient (Wildman–Crippen LogP) is 5.02. The number of halogens is 2. The summed E-state index contributed by atoms with van der Waals surface area (Å²) in [4.78, 5) is 10.8. The Hall–Kier alpha value is -2.27. The highest BCUT2D eigenvalue weighted by Gasteiger charge is 2.22. The molecule has 0 fully saturated rings. The summed E-state index contributed by atoms with van der Waals surface area (Å²) in [5.41, 5.74) is 3.57. The number of benzene rings is 1. The smallest absolute Gasteiger partial charge is 0.333 e. The van der Waals surface area contributed by atoms with E-state index in [0.29, 0.717) is 29.4 Å². The Bertz CT molecular complexity index is 798. The van der Waals surface area contributed by atoms with Crippen LogP contribution in [-0.4, -0.2) is 24.2 Å². The largest absolute Gasteiger partial charge is 0.491 e. The van der Waals surface area contributed by atoms with E-state index < -0.39 is 5.97 Å². The van der Waals surface area contributed by atoms with Crippen molar-refractivity contribution in [2.45, 2.75) is 32.1 Å². The third-order valence-electron chi connectivity index (χ3n) is 4.51. The summed E-state index contributed by atoms with van der Waals surface area (Å²) in [6, 6.07) is 4.55. The van der Waals surface area contributed by atoms with Gasteiger partial charge in [0.05, 0.1) is 22.9 Å². The minimum absolute atomic E-state index is 0.252. The maximum atomic E-state index is 12.7. The van der Waals surface area contributed by atoms with Crippen molar-refractivity contribution in [3.63, 3.8) is 0 Å². The van der Waals surface area contributed by atoms with Crippen LogP contribution in [0.15, 0.2) is 52.1 Å². The van der Waals surface area contributed by atoms with Gasteiger partial charge in [-0.25, -0.2) is 9.18 Å². The molecule has 0 amide bonds. The Labute approximate surface area is 157 Å². The van der Waals surface area contributed by atoms with E-state index in [9.17, 15) is 9.18 Å². The molecule has 6 heteroatoms. The summed E-state index contributed by atoms with van der Waals surface area (Å²) >= 11 is 5.89. The number of anilines is 1. The zero-order chi connectivity index (χ0) is 18.5. The van der Waals surface area contributed by atoms with Crippen molar-refractivity contribution in [2.24, 2.45) is 0 Å². The van der Waals surface area contributed by atoms with Crippen LogP contribution in [0.5, 0.6) is 5.75 Å². The molecule has 0 bridgehead atoms. The fourth-order valence-electron chi connectivity index (χ4n) is 3.14. The fraction of sp³-hybridized carbons (Fsp3) is 0.350. The number of fused-ring (bicyclic) bond motifs is 2. The topological polar surface area (TPSA) is 58.6 Å². The maximum absolute atomic E-state index is 12.7. The molecule has 0 spiro atoms. The number of ether oxygens (including phenoxy) is 1. The van der Waals surface area contributed by atoms with Crippen molar-refractivity contribution in [1.82, 2.24) is 0 Å². The monoisotopic (exact) mass is 377 g/mol. The Morgan fingerprint density at radius 2 is 2.12 bits per heavy atom. The molecule has 0 unspecified atom stereocenters. The number of allylic oxidation sites excluding steroid dienone is 5. The molecule has 4 nitrogen and oxygen atoms in total. The van der Waals surface area contributed by atoms with Gasteiger partial charge in [-0.15, -0.1) is 0 Å². The lowest BCUT2D eigenvalue weighted by molar-refractivity contribution is -0.132. The van der Waals surface area contributed by atoms with Crippen LogP contribution in [0.25, 0.3) is 0 Å². The van der Waals surface area contributed by atoms with E-state index in [1.807, 2.05) is 0 Å². The fourth-order valence-corrected chi connectivity index (χ4v) is 3.42. The van der Waals surface area contributed by atoms with Crippen LogP contribution in [0.1, 0.15) is 32.1 Å². The van der Waals surface area contributed by atoms with Crippen molar-refractivity contribution in [3.05, 3.63) is 57.9 Å². The first-order valence-electron chi connectivity index (χ1n) is 8.73. The molecule has 0 saturated heterocycles. The first-order chi connectivity index (χ1) is 12.5. The first-order valence-corrected chi connectivity index (χ1v) is 9.10. The van der Waals surface area contributed by atoms with E-state index >= 15 is 0 Å². The second-order valence-corrected chi connectivity index (χ2v) is 6.78. The molecule has 1 aromatic rings. The number of rotatable bonds is 1. The van der Waals surface area contributed by atoms with Crippen molar-refractivity contribution in [2.75, 3.05) is 18.5 Å². The summed E-state index contributed by atoms with van der Waals surface area (Å²) < 4.78 is 18.0. The van der Waals surface area contributed by atoms with Crippen LogP contribution >= 0.6 is 11.6 Å². The molecule has 0 aromatic heterocycles. The van der Waals surface area contributed by atoms with Crippen LogP contribution in [0.4, 0.5) is 10.1 Å². The number of nitrogens with one attached hydrogen (secondary N) is 1. The number of hydrogen-bond donors (Lipinski definition) is 2. The number of aliphatic carboxylic acids is 1. The Morgan fingerprint density at radius 1 is 1.27 bits per heavy atom. The normalized spacial score (nSPS) is 18.5. The Balaban J connectivity index is 0.000000152. The predicted molar refractivity (Wildman–Crippen MR) is 100 cm³/mol. The summed E-state index contributed by atoms with van der Waals surface area (Å²) in [6.45, 7) is 1.54. The zero-order valence-electron chi connectivity index (χ0n) is 14.4. The van der Waals surface area contributed by atoms with Crippen LogP contribution in [0.3, 0.4) is 0 Å². The van der Waals surface area contributed by atoms with E-state index in [-0.39, 0.29) is 5.82 Å². The average Bonchev–Trinajstić information content (AvgIpc) is 2.86. The summed E-state index contributed by atoms with van der Waals surface area (Å²) in [7, 11) is 0. The van der Waals surface area contributed by atoms with Crippen molar-refractivity contribution >= 4 is 23.3 Å². The molecular weight excluding hydrogens is 357 g/mol. The number of carboxylic acids is 1. The molecule has 1 heterocycles. The van der Waals surface area contributed by atoms with Gasteiger partial charge < -0.3 is 15.2 Å². The van der Waals surface area contributed by atoms with Crippen LogP contribution < -0.4 is 10.1 Å². The van der Waals surface area contributed by atoms with Gasteiger partial charge in [-0.1, -0.05) is 17.7 Å². The van der Waals surface area contributed by atoms with E-state index in [0.717, 1.165) is 43.5 Å². The highest BCUT2D eigenvalue weighted by atomic mass is 35.5. The standard InChI is InChI=1S/C11H11ClO2.C9H10FNO/c12-10-6-8-4-2-1-3-7(8)5-9(10)11(13)14;10-7-2-3-8-9(6-7)12-5-1-4-11-8/h3,6H,1-2,4-5H2,(H,13,14);2-3,6,11H,1,4-5H2. The third kappa shape index (κ3) is 4.47. The highest BCUT2D eigenvalue weighted by molar-refractivity contribution is 6.33. The SMILES string of the molecule is Fc1ccc2c(c1)OCCCN2.O=C(O)C1=C(Cl)C=C2CCCC=C2C1. The summed E-state index contributed by atoms with van der Waals surface area (Å²) in [5, 5.41) is 12.5. The average molecular weight is 378 g/mol. The van der Waals surface area contributed by atoms with E-state index in [1.165, 1.54) is 17.7 Å². The van der Waals surface area contributed by atoms with Gasteiger partial charge in [0.1, 0.15) is 11.6 Å². The van der Waals surface area contributed by atoms with Crippen LogP contribution in [-0.2, 0) is 4.79 Å². The molecule has 2 aliphatic carbocycles. The first kappa shape index (κ1) is 18.5. The lowest BCUT2D eigenvalue weighted by Gasteiger charge is -2.21. The maximum Gasteiger partial charge on any atom is 0.333 e.